The van der Waals surface area contributed by atoms with Crippen LogP contribution in [0, 0.1) is 0 Å². The number of methoxy groups -OCH3 is 1. The summed E-state index contributed by atoms with van der Waals surface area (Å²) >= 11 is 0. The Bertz CT molecular complexity index is 625. The third-order valence-corrected chi connectivity index (χ3v) is 4.00. The maximum Gasteiger partial charge on any atom is 0.223 e. The summed E-state index contributed by atoms with van der Waals surface area (Å²) in [5, 5.41) is 13.0. The summed E-state index contributed by atoms with van der Waals surface area (Å²) in [6, 6.07) is 17.3. The molecule has 0 aliphatic carbocycles. The number of amides is 1. The Labute approximate surface area is 143 Å². The van der Waals surface area contributed by atoms with Crippen molar-refractivity contribution in [2.75, 3.05) is 7.11 Å². The molecule has 0 fully saturated rings. The molecule has 2 aromatic rings. The Hall–Kier alpha value is -2.33. The van der Waals surface area contributed by atoms with Gasteiger partial charge in [-0.1, -0.05) is 42.5 Å². The van der Waals surface area contributed by atoms with Crippen molar-refractivity contribution < 1.29 is 14.6 Å². The van der Waals surface area contributed by atoms with Gasteiger partial charge in [-0.05, 0) is 43.0 Å². The van der Waals surface area contributed by atoms with Gasteiger partial charge in [0.1, 0.15) is 5.75 Å². The van der Waals surface area contributed by atoms with Gasteiger partial charge in [0.2, 0.25) is 5.91 Å². The molecule has 2 unspecified atom stereocenters. The van der Waals surface area contributed by atoms with Crippen molar-refractivity contribution in [2.45, 2.75) is 38.3 Å². The van der Waals surface area contributed by atoms with E-state index in [4.69, 9.17) is 4.74 Å². The van der Waals surface area contributed by atoms with Gasteiger partial charge in [0.05, 0.1) is 19.6 Å². The lowest BCUT2D eigenvalue weighted by Crippen LogP contribution is -2.33. The summed E-state index contributed by atoms with van der Waals surface area (Å²) in [6.45, 7) is 1.98. The molecule has 4 heteroatoms. The molecule has 2 rings (SSSR count). The van der Waals surface area contributed by atoms with Crippen molar-refractivity contribution in [2.24, 2.45) is 0 Å². The molecule has 128 valence electrons. The quantitative estimate of drug-likeness (QED) is 0.782. The molecule has 0 spiro atoms. The van der Waals surface area contributed by atoms with E-state index in [0.717, 1.165) is 24.2 Å². The summed E-state index contributed by atoms with van der Waals surface area (Å²) < 4.78 is 5.14. The molecule has 0 aliphatic heterocycles. The van der Waals surface area contributed by atoms with Gasteiger partial charge in [0, 0.05) is 6.04 Å². The number of aliphatic hydroxyl groups is 1. The molecule has 0 saturated heterocycles. The fraction of sp³-hybridized carbons (Fsp3) is 0.350. The Kier molecular flexibility index (Phi) is 6.82. The lowest BCUT2D eigenvalue weighted by Gasteiger charge is -2.16. The first-order valence-electron chi connectivity index (χ1n) is 8.24. The third kappa shape index (κ3) is 5.70. The van der Waals surface area contributed by atoms with E-state index in [1.54, 1.807) is 7.11 Å². The molecule has 2 N–H and O–H groups in total. The van der Waals surface area contributed by atoms with Gasteiger partial charge in [-0.15, -0.1) is 0 Å². The zero-order chi connectivity index (χ0) is 17.4. The minimum absolute atomic E-state index is 0.0579. The highest BCUT2D eigenvalue weighted by Crippen LogP contribution is 2.16. The van der Waals surface area contributed by atoms with Crippen LogP contribution in [-0.2, 0) is 11.2 Å². The Balaban J connectivity index is 1.74. The van der Waals surface area contributed by atoms with Crippen LogP contribution in [0.15, 0.2) is 54.6 Å². The fourth-order valence-corrected chi connectivity index (χ4v) is 2.55. The van der Waals surface area contributed by atoms with Crippen LogP contribution in [0.1, 0.15) is 37.0 Å². The van der Waals surface area contributed by atoms with E-state index >= 15 is 0 Å². The summed E-state index contributed by atoms with van der Waals surface area (Å²) in [4.78, 5) is 12.0. The second kappa shape index (κ2) is 9.08. The first-order chi connectivity index (χ1) is 11.6. The largest absolute Gasteiger partial charge is 0.497 e. The molecule has 2 atom stereocenters. The second-order valence-corrected chi connectivity index (χ2v) is 5.99. The van der Waals surface area contributed by atoms with E-state index < -0.39 is 6.10 Å². The number of rotatable bonds is 8. The van der Waals surface area contributed by atoms with E-state index in [9.17, 15) is 9.90 Å². The summed E-state index contributed by atoms with van der Waals surface area (Å²) in [5.41, 5.74) is 1.97. The Morgan fingerprint density at radius 1 is 1.12 bits per heavy atom. The molecule has 4 nitrogen and oxygen atoms in total. The van der Waals surface area contributed by atoms with Crippen LogP contribution in [-0.4, -0.2) is 24.2 Å². The molecule has 24 heavy (non-hydrogen) atoms. The van der Waals surface area contributed by atoms with Gasteiger partial charge in [-0.25, -0.2) is 0 Å². The molecule has 0 bridgehead atoms. The molecule has 0 radical (unpaired) electrons. The predicted octanol–water partition coefficient (Wildman–Crippen LogP) is 3.26. The summed E-state index contributed by atoms with van der Waals surface area (Å²) in [7, 11) is 1.65. The summed E-state index contributed by atoms with van der Waals surface area (Å²) in [5.74, 6) is 0.712. The second-order valence-electron chi connectivity index (χ2n) is 5.99. The number of aliphatic hydroxyl groups excluding tert-OH is 1. The van der Waals surface area contributed by atoms with Crippen LogP contribution in [0.3, 0.4) is 0 Å². The lowest BCUT2D eigenvalue weighted by atomic mass is 10.0. The molecule has 0 aliphatic rings. The Morgan fingerprint density at radius 2 is 1.79 bits per heavy atom. The number of nitrogens with one attached hydrogen (secondary N) is 1. The zero-order valence-corrected chi connectivity index (χ0v) is 14.2. The van der Waals surface area contributed by atoms with Crippen molar-refractivity contribution in [3.63, 3.8) is 0 Å². The number of benzene rings is 2. The van der Waals surface area contributed by atoms with E-state index in [-0.39, 0.29) is 18.4 Å². The van der Waals surface area contributed by atoms with Crippen molar-refractivity contribution in [1.29, 1.82) is 0 Å². The molecule has 0 aromatic heterocycles. The normalized spacial score (nSPS) is 13.1. The highest BCUT2D eigenvalue weighted by Gasteiger charge is 2.14. The molecule has 2 aromatic carbocycles. The number of hydrogen-bond acceptors (Lipinski definition) is 3. The van der Waals surface area contributed by atoms with Crippen LogP contribution in [0.4, 0.5) is 0 Å². The monoisotopic (exact) mass is 327 g/mol. The van der Waals surface area contributed by atoms with Crippen molar-refractivity contribution in [1.82, 2.24) is 5.32 Å². The zero-order valence-electron chi connectivity index (χ0n) is 14.2. The molecule has 1 amide bonds. The average molecular weight is 327 g/mol. The Morgan fingerprint density at radius 3 is 2.42 bits per heavy atom. The van der Waals surface area contributed by atoms with Crippen molar-refractivity contribution in [3.8, 4) is 5.75 Å². The maximum atomic E-state index is 12.0. The first kappa shape index (κ1) is 18.0. The van der Waals surface area contributed by atoms with Crippen molar-refractivity contribution >= 4 is 5.91 Å². The van der Waals surface area contributed by atoms with E-state index in [0.29, 0.717) is 0 Å². The van der Waals surface area contributed by atoms with E-state index in [1.807, 2.05) is 61.5 Å². The highest BCUT2D eigenvalue weighted by atomic mass is 16.5. The fourth-order valence-electron chi connectivity index (χ4n) is 2.55. The number of aryl methyl sites for hydroxylation is 1. The SMILES string of the molecule is COc1ccc(CCC(C)NC(=O)CC(O)c2ccccc2)cc1. The van der Waals surface area contributed by atoms with Gasteiger partial charge >= 0.3 is 0 Å². The maximum absolute atomic E-state index is 12.0. The molecular formula is C20H25NO3. The number of ether oxygens (including phenoxy) is 1. The number of hydrogen-bond donors (Lipinski definition) is 2. The number of carbonyl (C=O) groups excluding carboxylic acids is 1. The average Bonchev–Trinajstić information content (AvgIpc) is 2.61. The van der Waals surface area contributed by atoms with Crippen LogP contribution >= 0.6 is 0 Å². The van der Waals surface area contributed by atoms with E-state index in [1.165, 1.54) is 5.56 Å². The number of carbonyl (C=O) groups is 1. The van der Waals surface area contributed by atoms with Gasteiger partial charge in [0.15, 0.2) is 0 Å². The van der Waals surface area contributed by atoms with Gasteiger partial charge < -0.3 is 15.2 Å². The van der Waals surface area contributed by atoms with Crippen LogP contribution < -0.4 is 10.1 Å². The van der Waals surface area contributed by atoms with Crippen molar-refractivity contribution in [3.05, 3.63) is 65.7 Å². The van der Waals surface area contributed by atoms with Crippen LogP contribution in [0.5, 0.6) is 5.75 Å². The summed E-state index contributed by atoms with van der Waals surface area (Å²) in [6.07, 6.45) is 1.04. The van der Waals surface area contributed by atoms with Crippen LogP contribution in [0.2, 0.25) is 0 Å². The molecule has 0 saturated carbocycles. The topological polar surface area (TPSA) is 58.6 Å². The smallest absolute Gasteiger partial charge is 0.223 e. The molecular weight excluding hydrogens is 302 g/mol. The minimum atomic E-state index is -0.764. The minimum Gasteiger partial charge on any atom is -0.497 e. The first-order valence-corrected chi connectivity index (χ1v) is 8.24. The van der Waals surface area contributed by atoms with Gasteiger partial charge in [-0.2, -0.15) is 0 Å². The van der Waals surface area contributed by atoms with E-state index in [2.05, 4.69) is 5.32 Å². The van der Waals surface area contributed by atoms with Crippen LogP contribution in [0.25, 0.3) is 0 Å². The third-order valence-electron chi connectivity index (χ3n) is 4.00. The standard InChI is InChI=1S/C20H25NO3/c1-15(8-9-16-10-12-18(24-2)13-11-16)21-20(23)14-19(22)17-6-4-3-5-7-17/h3-7,10-13,15,19,22H,8-9,14H2,1-2H3,(H,21,23). The van der Waals surface area contributed by atoms with Gasteiger partial charge in [0.25, 0.3) is 0 Å². The predicted molar refractivity (Wildman–Crippen MR) is 94.9 cm³/mol. The van der Waals surface area contributed by atoms with Gasteiger partial charge in [-0.3, -0.25) is 4.79 Å². The highest BCUT2D eigenvalue weighted by molar-refractivity contribution is 5.76. The molecule has 0 heterocycles. The lowest BCUT2D eigenvalue weighted by molar-refractivity contribution is -0.123.